The Hall–Kier alpha value is -0.580. The number of hydrogen-bond donors (Lipinski definition) is 1. The highest BCUT2D eigenvalue weighted by atomic mass is 35.5. The van der Waals surface area contributed by atoms with E-state index in [1.165, 1.54) is 19.3 Å². The Labute approximate surface area is 131 Å². The SMILES string of the molecule is NCC1(c2ccc(S(=O)(=O)C3CC3)c(Cl)c2)CCCCC1. The monoisotopic (exact) mass is 327 g/mol. The maximum absolute atomic E-state index is 12.3. The van der Waals surface area contributed by atoms with Gasteiger partial charge < -0.3 is 5.73 Å². The van der Waals surface area contributed by atoms with Crippen molar-refractivity contribution in [1.82, 2.24) is 0 Å². The molecule has 3 nitrogen and oxygen atoms in total. The Morgan fingerprint density at radius 2 is 1.86 bits per heavy atom. The molecule has 3 rings (SSSR count). The number of nitrogens with two attached hydrogens (primary N) is 1. The van der Waals surface area contributed by atoms with Gasteiger partial charge in [-0.1, -0.05) is 36.9 Å². The van der Waals surface area contributed by atoms with Crippen LogP contribution in [0.15, 0.2) is 23.1 Å². The molecule has 0 amide bonds. The van der Waals surface area contributed by atoms with Crippen molar-refractivity contribution >= 4 is 21.4 Å². The van der Waals surface area contributed by atoms with Crippen LogP contribution in [0.4, 0.5) is 0 Å². The lowest BCUT2D eigenvalue weighted by Crippen LogP contribution is -2.37. The maximum Gasteiger partial charge on any atom is 0.182 e. The molecule has 2 saturated carbocycles. The van der Waals surface area contributed by atoms with E-state index < -0.39 is 9.84 Å². The molecule has 116 valence electrons. The molecule has 0 aliphatic heterocycles. The Morgan fingerprint density at radius 3 is 2.38 bits per heavy atom. The minimum atomic E-state index is -3.23. The third kappa shape index (κ3) is 2.73. The van der Waals surface area contributed by atoms with Crippen molar-refractivity contribution in [3.05, 3.63) is 28.8 Å². The molecule has 0 aromatic heterocycles. The normalized spacial score (nSPS) is 22.2. The molecular weight excluding hydrogens is 306 g/mol. The standard InChI is InChI=1S/C16H22ClNO2S/c17-14-10-12(16(11-18)8-2-1-3-9-16)4-7-15(14)21(19,20)13-5-6-13/h4,7,10,13H,1-3,5-6,8-9,11,18H2. The summed E-state index contributed by atoms with van der Waals surface area (Å²) >= 11 is 6.30. The number of sulfone groups is 1. The third-order valence-electron chi connectivity index (χ3n) is 5.02. The van der Waals surface area contributed by atoms with Gasteiger partial charge in [-0.3, -0.25) is 0 Å². The summed E-state index contributed by atoms with van der Waals surface area (Å²) in [6.07, 6.45) is 7.25. The van der Waals surface area contributed by atoms with Crippen LogP contribution < -0.4 is 5.73 Å². The molecule has 0 radical (unpaired) electrons. The molecule has 0 bridgehead atoms. The van der Waals surface area contributed by atoms with Crippen LogP contribution in [-0.2, 0) is 15.3 Å². The molecule has 2 aliphatic carbocycles. The van der Waals surface area contributed by atoms with Crippen LogP contribution in [0.2, 0.25) is 5.02 Å². The van der Waals surface area contributed by atoms with Crippen LogP contribution in [0.3, 0.4) is 0 Å². The average molecular weight is 328 g/mol. The highest BCUT2D eigenvalue weighted by Crippen LogP contribution is 2.42. The fourth-order valence-electron chi connectivity index (χ4n) is 3.46. The van der Waals surface area contributed by atoms with E-state index >= 15 is 0 Å². The summed E-state index contributed by atoms with van der Waals surface area (Å²) in [6, 6.07) is 5.46. The van der Waals surface area contributed by atoms with Gasteiger partial charge in [-0.2, -0.15) is 0 Å². The third-order valence-corrected chi connectivity index (χ3v) is 7.76. The van der Waals surface area contributed by atoms with Crippen LogP contribution in [0.1, 0.15) is 50.5 Å². The summed E-state index contributed by atoms with van der Waals surface area (Å²) in [5, 5.41) is 0.136. The maximum atomic E-state index is 12.3. The fourth-order valence-corrected chi connectivity index (χ4v) is 5.67. The summed E-state index contributed by atoms with van der Waals surface area (Å²) in [7, 11) is -3.23. The van der Waals surface area contributed by atoms with Crippen molar-refractivity contribution < 1.29 is 8.42 Å². The van der Waals surface area contributed by atoms with E-state index in [0.717, 1.165) is 31.2 Å². The van der Waals surface area contributed by atoms with Gasteiger partial charge in [0, 0.05) is 12.0 Å². The lowest BCUT2D eigenvalue weighted by molar-refractivity contribution is 0.300. The Kier molecular flexibility index (Phi) is 4.06. The molecule has 2 N–H and O–H groups in total. The molecule has 2 fully saturated rings. The van der Waals surface area contributed by atoms with Gasteiger partial charge in [0.05, 0.1) is 15.2 Å². The van der Waals surface area contributed by atoms with E-state index in [4.69, 9.17) is 17.3 Å². The van der Waals surface area contributed by atoms with Crippen molar-refractivity contribution in [2.24, 2.45) is 5.73 Å². The molecule has 0 atom stereocenters. The van der Waals surface area contributed by atoms with Crippen LogP contribution >= 0.6 is 11.6 Å². The first-order chi connectivity index (χ1) is 9.99. The highest BCUT2D eigenvalue weighted by Gasteiger charge is 2.39. The van der Waals surface area contributed by atoms with Gasteiger partial charge in [-0.05, 0) is 43.4 Å². The zero-order valence-electron chi connectivity index (χ0n) is 12.1. The molecule has 0 heterocycles. The zero-order chi connectivity index (χ0) is 15.1. The predicted molar refractivity (Wildman–Crippen MR) is 85.5 cm³/mol. The van der Waals surface area contributed by atoms with Crippen LogP contribution in [0, 0.1) is 0 Å². The molecule has 1 aromatic rings. The molecular formula is C16H22ClNO2S. The van der Waals surface area contributed by atoms with Crippen molar-refractivity contribution in [3.63, 3.8) is 0 Å². The van der Waals surface area contributed by atoms with Crippen LogP contribution in [0.25, 0.3) is 0 Å². The molecule has 0 saturated heterocycles. The van der Waals surface area contributed by atoms with Crippen molar-refractivity contribution in [1.29, 1.82) is 0 Å². The quantitative estimate of drug-likeness (QED) is 0.921. The summed E-state index contributed by atoms with van der Waals surface area (Å²) in [4.78, 5) is 0.290. The molecule has 0 spiro atoms. The minimum absolute atomic E-state index is 0.0240. The Morgan fingerprint density at radius 1 is 1.19 bits per heavy atom. The number of benzene rings is 1. The average Bonchev–Trinajstić information content (AvgIpc) is 3.32. The second-order valence-electron chi connectivity index (χ2n) is 6.43. The predicted octanol–water partition coefficient (Wildman–Crippen LogP) is 3.44. The lowest BCUT2D eigenvalue weighted by Gasteiger charge is -2.37. The Bertz CT molecular complexity index is 632. The van der Waals surface area contributed by atoms with Crippen LogP contribution in [0.5, 0.6) is 0 Å². The minimum Gasteiger partial charge on any atom is -0.330 e. The zero-order valence-corrected chi connectivity index (χ0v) is 13.7. The Balaban J connectivity index is 1.97. The van der Waals surface area contributed by atoms with E-state index in [0.29, 0.717) is 16.5 Å². The number of halogens is 1. The van der Waals surface area contributed by atoms with Crippen molar-refractivity contribution in [2.75, 3.05) is 6.54 Å². The fraction of sp³-hybridized carbons (Fsp3) is 0.625. The van der Waals surface area contributed by atoms with Gasteiger partial charge in [0.2, 0.25) is 0 Å². The highest BCUT2D eigenvalue weighted by molar-refractivity contribution is 7.92. The van der Waals surface area contributed by atoms with E-state index in [1.54, 1.807) is 6.07 Å². The van der Waals surface area contributed by atoms with Crippen molar-refractivity contribution in [3.8, 4) is 0 Å². The van der Waals surface area contributed by atoms with E-state index in [-0.39, 0.29) is 10.7 Å². The smallest absolute Gasteiger partial charge is 0.182 e. The largest absolute Gasteiger partial charge is 0.330 e. The molecule has 0 unspecified atom stereocenters. The van der Waals surface area contributed by atoms with Gasteiger partial charge in [-0.25, -0.2) is 8.42 Å². The first-order valence-corrected chi connectivity index (χ1v) is 9.66. The first kappa shape index (κ1) is 15.3. The van der Waals surface area contributed by atoms with E-state index in [9.17, 15) is 8.42 Å². The first-order valence-electron chi connectivity index (χ1n) is 7.74. The summed E-state index contributed by atoms with van der Waals surface area (Å²) < 4.78 is 24.7. The van der Waals surface area contributed by atoms with Crippen LogP contribution in [-0.4, -0.2) is 20.2 Å². The number of hydrogen-bond acceptors (Lipinski definition) is 3. The van der Waals surface area contributed by atoms with Gasteiger partial charge in [-0.15, -0.1) is 0 Å². The second kappa shape index (κ2) is 5.56. The number of rotatable bonds is 4. The summed E-state index contributed by atoms with van der Waals surface area (Å²) in [5.74, 6) is 0. The van der Waals surface area contributed by atoms with Gasteiger partial charge >= 0.3 is 0 Å². The van der Waals surface area contributed by atoms with E-state index in [2.05, 4.69) is 0 Å². The molecule has 1 aromatic carbocycles. The molecule has 5 heteroatoms. The summed E-state index contributed by atoms with van der Waals surface area (Å²) in [6.45, 7) is 0.595. The van der Waals surface area contributed by atoms with Crippen molar-refractivity contribution in [2.45, 2.75) is 60.5 Å². The van der Waals surface area contributed by atoms with Gasteiger partial charge in [0.1, 0.15) is 0 Å². The molecule has 21 heavy (non-hydrogen) atoms. The lowest BCUT2D eigenvalue weighted by atomic mass is 9.69. The van der Waals surface area contributed by atoms with Gasteiger partial charge in [0.25, 0.3) is 0 Å². The topological polar surface area (TPSA) is 60.2 Å². The van der Waals surface area contributed by atoms with E-state index in [1.807, 2.05) is 12.1 Å². The van der Waals surface area contributed by atoms with Gasteiger partial charge in [0.15, 0.2) is 9.84 Å². The second-order valence-corrected chi connectivity index (χ2v) is 9.04. The molecule has 2 aliphatic rings. The summed E-state index contributed by atoms with van der Waals surface area (Å²) in [5.41, 5.74) is 7.12.